The predicted molar refractivity (Wildman–Crippen MR) is 161 cm³/mol. The van der Waals surface area contributed by atoms with E-state index in [0.717, 1.165) is 43.3 Å². The van der Waals surface area contributed by atoms with E-state index in [4.69, 9.17) is 15.0 Å². The normalized spacial score (nSPS) is 19.4. The molecule has 2 aromatic carbocycles. The van der Waals surface area contributed by atoms with Crippen molar-refractivity contribution in [1.29, 1.82) is 0 Å². The number of piperazine rings is 1. The van der Waals surface area contributed by atoms with Gasteiger partial charge in [0.2, 0.25) is 0 Å². The highest BCUT2D eigenvalue weighted by atomic mass is 15.3. The average Bonchev–Trinajstić information content (AvgIpc) is 3.51. The van der Waals surface area contributed by atoms with Gasteiger partial charge in [-0.25, -0.2) is 0 Å². The molecule has 200 valence electrons. The lowest BCUT2D eigenvalue weighted by Gasteiger charge is -2.44. The number of nitrogens with one attached hydrogen (secondary N) is 1. The van der Waals surface area contributed by atoms with Gasteiger partial charge in [0.15, 0.2) is 0 Å². The van der Waals surface area contributed by atoms with Crippen LogP contribution in [-0.4, -0.2) is 56.6 Å². The summed E-state index contributed by atoms with van der Waals surface area (Å²) in [6.07, 6.45) is 3.84. The Morgan fingerprint density at radius 1 is 0.725 bits per heavy atom. The molecule has 0 radical (unpaired) electrons. The van der Waals surface area contributed by atoms with Crippen molar-refractivity contribution in [2.24, 2.45) is 4.99 Å². The number of hydrogen-bond acceptors (Lipinski definition) is 5. The average molecular weight is 527 g/mol. The predicted octanol–water partition coefficient (Wildman–Crippen LogP) is 6.60. The van der Waals surface area contributed by atoms with Crippen molar-refractivity contribution in [2.45, 2.75) is 31.8 Å². The molecular weight excluding hydrogens is 492 g/mol. The zero-order valence-electron chi connectivity index (χ0n) is 23.0. The summed E-state index contributed by atoms with van der Waals surface area (Å²) < 4.78 is 0. The highest BCUT2D eigenvalue weighted by Crippen LogP contribution is 2.45. The molecule has 6 nitrogen and oxygen atoms in total. The minimum absolute atomic E-state index is 0.0864. The van der Waals surface area contributed by atoms with Crippen LogP contribution in [0.3, 0.4) is 0 Å². The van der Waals surface area contributed by atoms with Gasteiger partial charge in [-0.05, 0) is 55.8 Å². The van der Waals surface area contributed by atoms with E-state index in [1.54, 1.807) is 0 Å². The van der Waals surface area contributed by atoms with Crippen LogP contribution in [0.15, 0.2) is 102 Å². The molecule has 5 aromatic rings. The minimum atomic E-state index is 0.0864. The summed E-state index contributed by atoms with van der Waals surface area (Å²) in [6.45, 7) is 8.13. The molecule has 40 heavy (non-hydrogen) atoms. The summed E-state index contributed by atoms with van der Waals surface area (Å²) >= 11 is 0. The van der Waals surface area contributed by atoms with Crippen molar-refractivity contribution >= 4 is 22.3 Å². The number of aliphatic imine (C=N–C) groups is 1. The topological polar surface area (TPSA) is 60.4 Å². The SMILES string of the molecule is CC1=Nc2ccccc2[C@H]1[C@H](c1ccccn1)N1CCN([C@H](c2ccccn2)c2c(C)[nH]c3ccccc23)CC1. The van der Waals surface area contributed by atoms with E-state index in [9.17, 15) is 0 Å². The van der Waals surface area contributed by atoms with E-state index >= 15 is 0 Å². The molecule has 5 heterocycles. The lowest BCUT2D eigenvalue weighted by molar-refractivity contribution is 0.0731. The number of H-pyrrole nitrogens is 1. The first-order chi connectivity index (χ1) is 19.7. The number of pyridine rings is 2. The van der Waals surface area contributed by atoms with Gasteiger partial charge in [0, 0.05) is 72.4 Å². The molecule has 0 amide bonds. The van der Waals surface area contributed by atoms with Crippen molar-refractivity contribution in [3.8, 4) is 0 Å². The minimum Gasteiger partial charge on any atom is -0.358 e. The molecule has 3 atom stereocenters. The van der Waals surface area contributed by atoms with E-state index in [-0.39, 0.29) is 18.0 Å². The molecule has 1 N–H and O–H groups in total. The summed E-state index contributed by atoms with van der Waals surface area (Å²) in [5.41, 5.74) is 9.49. The summed E-state index contributed by atoms with van der Waals surface area (Å²) in [4.78, 5) is 23.6. The third-order valence-electron chi connectivity index (χ3n) is 8.62. The van der Waals surface area contributed by atoms with Crippen LogP contribution in [0.1, 0.15) is 53.1 Å². The van der Waals surface area contributed by atoms with Gasteiger partial charge >= 0.3 is 0 Å². The van der Waals surface area contributed by atoms with E-state index in [2.05, 4.69) is 101 Å². The first-order valence-electron chi connectivity index (χ1n) is 14.2. The Morgan fingerprint density at radius 2 is 1.38 bits per heavy atom. The number of aromatic amines is 1. The number of benzene rings is 2. The first kappa shape index (κ1) is 24.9. The number of para-hydroxylation sites is 2. The second-order valence-corrected chi connectivity index (χ2v) is 10.9. The number of hydrogen-bond donors (Lipinski definition) is 1. The largest absolute Gasteiger partial charge is 0.358 e. The molecule has 6 heteroatoms. The van der Waals surface area contributed by atoms with Crippen molar-refractivity contribution in [3.05, 3.63) is 126 Å². The summed E-state index contributed by atoms with van der Waals surface area (Å²) in [5, 5.41) is 1.28. The molecule has 0 saturated carbocycles. The number of aryl methyl sites for hydroxylation is 1. The van der Waals surface area contributed by atoms with Crippen LogP contribution in [0.4, 0.5) is 5.69 Å². The van der Waals surface area contributed by atoms with Gasteiger partial charge in [0.1, 0.15) is 0 Å². The molecule has 0 spiro atoms. The Kier molecular flexibility index (Phi) is 6.50. The Labute approximate surface area is 235 Å². The van der Waals surface area contributed by atoms with Crippen LogP contribution in [0.2, 0.25) is 0 Å². The zero-order valence-corrected chi connectivity index (χ0v) is 23.0. The molecule has 7 rings (SSSR count). The quantitative estimate of drug-likeness (QED) is 0.271. The molecule has 0 bridgehead atoms. The number of nitrogens with zero attached hydrogens (tertiary/aromatic N) is 5. The van der Waals surface area contributed by atoms with Crippen LogP contribution >= 0.6 is 0 Å². The number of rotatable bonds is 6. The third-order valence-corrected chi connectivity index (χ3v) is 8.62. The van der Waals surface area contributed by atoms with Crippen LogP contribution in [-0.2, 0) is 0 Å². The summed E-state index contributed by atoms with van der Waals surface area (Å²) in [7, 11) is 0. The fourth-order valence-electron chi connectivity index (χ4n) is 6.83. The van der Waals surface area contributed by atoms with Crippen molar-refractivity contribution < 1.29 is 0 Å². The monoisotopic (exact) mass is 526 g/mol. The maximum Gasteiger partial charge on any atom is 0.0800 e. The molecule has 0 aliphatic carbocycles. The molecule has 3 aromatic heterocycles. The van der Waals surface area contributed by atoms with Crippen molar-refractivity contribution in [2.75, 3.05) is 26.2 Å². The Hall–Kier alpha value is -4.13. The fraction of sp³-hybridized carbons (Fsp3) is 0.265. The summed E-state index contributed by atoms with van der Waals surface area (Å²) in [5.74, 6) is 0.195. The van der Waals surface area contributed by atoms with E-state index < -0.39 is 0 Å². The molecular formula is C34H34N6. The van der Waals surface area contributed by atoms with Crippen molar-refractivity contribution in [1.82, 2.24) is 24.8 Å². The fourth-order valence-corrected chi connectivity index (χ4v) is 6.83. The van der Waals surface area contributed by atoms with Gasteiger partial charge < -0.3 is 4.98 Å². The molecule has 1 fully saturated rings. The Morgan fingerprint density at radius 3 is 2.12 bits per heavy atom. The van der Waals surface area contributed by atoms with Gasteiger partial charge in [-0.2, -0.15) is 0 Å². The lowest BCUT2D eigenvalue weighted by atomic mass is 9.85. The first-order valence-corrected chi connectivity index (χ1v) is 14.2. The smallest absolute Gasteiger partial charge is 0.0800 e. The maximum atomic E-state index is 4.97. The molecule has 0 unspecified atom stereocenters. The number of aromatic nitrogens is 3. The number of fused-ring (bicyclic) bond motifs is 2. The van der Waals surface area contributed by atoms with Crippen LogP contribution < -0.4 is 0 Å². The highest BCUT2D eigenvalue weighted by molar-refractivity contribution is 5.97. The molecule has 2 aliphatic rings. The van der Waals surface area contributed by atoms with Gasteiger partial charge in [-0.1, -0.05) is 48.5 Å². The summed E-state index contributed by atoms with van der Waals surface area (Å²) in [6, 6.07) is 30.0. The Bertz CT molecular complexity index is 1650. The van der Waals surface area contributed by atoms with Crippen molar-refractivity contribution in [3.63, 3.8) is 0 Å². The van der Waals surface area contributed by atoms with Gasteiger partial charge in [-0.15, -0.1) is 0 Å². The van der Waals surface area contributed by atoms with Gasteiger partial charge in [0.05, 0.1) is 29.2 Å². The maximum absolute atomic E-state index is 4.97. The standard InChI is InChI=1S/C34H34N6/c1-23-31(25-11-3-5-13-27(25)37-23)33(29-15-7-9-17-35-29)39-19-21-40(22-20-39)34(30-16-8-10-18-36-30)32-24(2)38-28-14-6-4-12-26(28)32/h3-18,31,33-34,38H,19-22H2,1-2H3/t31-,33-,34+/m0/s1. The van der Waals surface area contributed by atoms with E-state index in [1.165, 1.54) is 33.4 Å². The van der Waals surface area contributed by atoms with Gasteiger partial charge in [0.25, 0.3) is 0 Å². The molecule has 2 aliphatic heterocycles. The second-order valence-electron chi connectivity index (χ2n) is 10.9. The lowest BCUT2D eigenvalue weighted by Crippen LogP contribution is -2.50. The highest BCUT2D eigenvalue weighted by Gasteiger charge is 2.39. The van der Waals surface area contributed by atoms with Gasteiger partial charge in [-0.3, -0.25) is 24.8 Å². The Balaban J connectivity index is 1.23. The van der Waals surface area contributed by atoms with Crippen LogP contribution in [0.25, 0.3) is 10.9 Å². The third kappa shape index (κ3) is 4.34. The zero-order chi connectivity index (χ0) is 27.1. The molecule has 1 saturated heterocycles. The second kappa shape index (κ2) is 10.5. The van der Waals surface area contributed by atoms with Crippen LogP contribution in [0, 0.1) is 6.92 Å². The van der Waals surface area contributed by atoms with E-state index in [1.807, 2.05) is 24.5 Å². The van der Waals surface area contributed by atoms with E-state index in [0.29, 0.717) is 0 Å². The van der Waals surface area contributed by atoms with Crippen LogP contribution in [0.5, 0.6) is 0 Å².